The molecule has 0 saturated carbocycles. The van der Waals surface area contributed by atoms with E-state index >= 15 is 0 Å². The van der Waals surface area contributed by atoms with Crippen LogP contribution in [0, 0.1) is 17.5 Å². The lowest BCUT2D eigenvalue weighted by Crippen LogP contribution is -2.24. The van der Waals surface area contributed by atoms with Crippen molar-refractivity contribution in [3.05, 3.63) is 65.0 Å². The molecule has 1 unspecified atom stereocenters. The van der Waals surface area contributed by atoms with E-state index in [0.29, 0.717) is 17.7 Å². The van der Waals surface area contributed by atoms with Crippen molar-refractivity contribution in [1.82, 2.24) is 0 Å². The zero-order valence-electron chi connectivity index (χ0n) is 10.4. The molecule has 0 spiro atoms. The van der Waals surface area contributed by atoms with E-state index in [0.717, 1.165) is 12.1 Å². The maximum absolute atomic E-state index is 13.8. The smallest absolute Gasteiger partial charge is 0.133 e. The second-order valence-electron chi connectivity index (χ2n) is 4.80. The van der Waals surface area contributed by atoms with Gasteiger partial charge in [-0.25, -0.2) is 13.2 Å². The molecule has 0 aliphatic carbocycles. The summed E-state index contributed by atoms with van der Waals surface area (Å²) >= 11 is 0. The lowest BCUT2D eigenvalue weighted by molar-refractivity contribution is 0.156. The first-order chi connectivity index (χ1) is 9.54. The summed E-state index contributed by atoms with van der Waals surface area (Å²) in [7, 11) is 0. The fourth-order valence-electron chi connectivity index (χ4n) is 2.43. The zero-order valence-corrected chi connectivity index (χ0v) is 10.4. The van der Waals surface area contributed by atoms with Crippen LogP contribution in [0.1, 0.15) is 29.7 Å². The monoisotopic (exact) mass is 279 g/mol. The van der Waals surface area contributed by atoms with Gasteiger partial charge >= 0.3 is 0 Å². The van der Waals surface area contributed by atoms with Crippen molar-refractivity contribution in [3.8, 4) is 5.75 Å². The molecule has 0 saturated heterocycles. The summed E-state index contributed by atoms with van der Waals surface area (Å²) in [6.07, 6.45) is -0.304. The Morgan fingerprint density at radius 3 is 2.30 bits per heavy atom. The van der Waals surface area contributed by atoms with Crippen molar-refractivity contribution in [3.63, 3.8) is 0 Å². The third-order valence-electron chi connectivity index (χ3n) is 3.42. The molecule has 0 radical (unpaired) electrons. The topological polar surface area (TPSA) is 35.2 Å². The van der Waals surface area contributed by atoms with Gasteiger partial charge in [0.15, 0.2) is 0 Å². The Morgan fingerprint density at radius 1 is 0.950 bits per heavy atom. The van der Waals surface area contributed by atoms with Gasteiger partial charge in [0, 0.05) is 35.7 Å². The molecular formula is C15H12F3NO. The van der Waals surface area contributed by atoms with E-state index in [4.69, 9.17) is 10.5 Å². The fraction of sp³-hybridized carbons (Fsp3) is 0.200. The minimum Gasteiger partial charge on any atom is -0.485 e. The zero-order chi connectivity index (χ0) is 14.3. The van der Waals surface area contributed by atoms with Crippen molar-refractivity contribution >= 4 is 0 Å². The molecule has 1 aliphatic rings. The predicted octanol–water partition coefficient (Wildman–Crippen LogP) is 3.63. The number of benzene rings is 2. The van der Waals surface area contributed by atoms with Crippen LogP contribution in [0.2, 0.25) is 0 Å². The highest BCUT2D eigenvalue weighted by molar-refractivity contribution is 5.39. The second-order valence-corrected chi connectivity index (χ2v) is 4.80. The van der Waals surface area contributed by atoms with Gasteiger partial charge < -0.3 is 10.5 Å². The maximum Gasteiger partial charge on any atom is 0.133 e. The van der Waals surface area contributed by atoms with E-state index < -0.39 is 23.6 Å². The van der Waals surface area contributed by atoms with Crippen LogP contribution in [0.15, 0.2) is 36.4 Å². The molecule has 2 N–H and O–H groups in total. The minimum atomic E-state index is -0.693. The van der Waals surface area contributed by atoms with Crippen LogP contribution in [0.5, 0.6) is 5.75 Å². The van der Waals surface area contributed by atoms with Gasteiger partial charge in [0.2, 0.25) is 0 Å². The first kappa shape index (κ1) is 13.0. The molecule has 3 rings (SSSR count). The first-order valence-electron chi connectivity index (χ1n) is 6.21. The largest absolute Gasteiger partial charge is 0.485 e. The lowest BCUT2D eigenvalue weighted by Gasteiger charge is -2.30. The third-order valence-corrected chi connectivity index (χ3v) is 3.42. The summed E-state index contributed by atoms with van der Waals surface area (Å²) in [6, 6.07) is 7.00. The Labute approximate surface area is 114 Å². The Morgan fingerprint density at radius 2 is 1.60 bits per heavy atom. The average molecular weight is 279 g/mol. The molecule has 2 aromatic rings. The Kier molecular flexibility index (Phi) is 3.14. The maximum atomic E-state index is 13.8. The molecule has 0 amide bonds. The summed E-state index contributed by atoms with van der Waals surface area (Å²) in [5.74, 6) is -1.49. The normalized spacial score (nSPS) is 21.2. The molecule has 0 bridgehead atoms. The van der Waals surface area contributed by atoms with Crippen LogP contribution >= 0.6 is 0 Å². The van der Waals surface area contributed by atoms with Gasteiger partial charge in [-0.3, -0.25) is 0 Å². The van der Waals surface area contributed by atoms with Gasteiger partial charge in [0.25, 0.3) is 0 Å². The Bertz CT molecular complexity index is 660. The number of ether oxygens (including phenoxy) is 1. The fourth-order valence-corrected chi connectivity index (χ4v) is 2.43. The van der Waals surface area contributed by atoms with Crippen molar-refractivity contribution in [2.45, 2.75) is 18.6 Å². The van der Waals surface area contributed by atoms with E-state index in [1.807, 2.05) is 0 Å². The quantitative estimate of drug-likeness (QED) is 0.865. The van der Waals surface area contributed by atoms with E-state index in [1.54, 1.807) is 6.07 Å². The van der Waals surface area contributed by atoms with E-state index in [-0.39, 0.29) is 11.6 Å². The number of fused-ring (bicyclic) bond motifs is 1. The van der Waals surface area contributed by atoms with Gasteiger partial charge in [0.05, 0.1) is 0 Å². The summed E-state index contributed by atoms with van der Waals surface area (Å²) < 4.78 is 45.6. The molecule has 5 heteroatoms. The molecule has 1 heterocycles. The molecule has 0 fully saturated rings. The van der Waals surface area contributed by atoms with Gasteiger partial charge in [-0.1, -0.05) is 6.07 Å². The highest BCUT2D eigenvalue weighted by Crippen LogP contribution is 2.40. The first-order valence-corrected chi connectivity index (χ1v) is 6.21. The van der Waals surface area contributed by atoms with Gasteiger partial charge in [-0.2, -0.15) is 0 Å². The number of nitrogens with two attached hydrogens (primary N) is 1. The summed E-state index contributed by atoms with van der Waals surface area (Å²) in [5.41, 5.74) is 6.91. The molecular weight excluding hydrogens is 267 g/mol. The van der Waals surface area contributed by atoms with E-state index in [2.05, 4.69) is 0 Å². The van der Waals surface area contributed by atoms with Crippen molar-refractivity contribution in [2.24, 2.45) is 5.73 Å². The van der Waals surface area contributed by atoms with Crippen LogP contribution < -0.4 is 10.5 Å². The van der Waals surface area contributed by atoms with Crippen LogP contribution in [0.25, 0.3) is 0 Å². The molecule has 2 nitrogen and oxygen atoms in total. The number of hydrogen-bond acceptors (Lipinski definition) is 2. The molecule has 0 aromatic heterocycles. The standard InChI is InChI=1S/C15H12F3NO/c16-8-1-3-10(12(18)5-8)15-7-13(19)11-4-2-9(17)6-14(11)20-15/h1-6,13,15H,7,19H2/t13-,15?/m0/s1. The van der Waals surface area contributed by atoms with Crippen molar-refractivity contribution in [2.75, 3.05) is 0 Å². The number of rotatable bonds is 1. The molecule has 104 valence electrons. The summed E-state index contributed by atoms with van der Waals surface area (Å²) in [4.78, 5) is 0. The van der Waals surface area contributed by atoms with Crippen molar-refractivity contribution < 1.29 is 17.9 Å². The van der Waals surface area contributed by atoms with Gasteiger partial charge in [0.1, 0.15) is 29.3 Å². The molecule has 2 atom stereocenters. The van der Waals surface area contributed by atoms with Gasteiger partial charge in [-0.15, -0.1) is 0 Å². The summed E-state index contributed by atoms with van der Waals surface area (Å²) in [5, 5.41) is 0. The molecule has 1 aliphatic heterocycles. The Balaban J connectivity index is 1.98. The van der Waals surface area contributed by atoms with E-state index in [1.165, 1.54) is 18.2 Å². The predicted molar refractivity (Wildman–Crippen MR) is 67.7 cm³/mol. The molecule has 2 aromatic carbocycles. The van der Waals surface area contributed by atoms with Crippen LogP contribution in [0.4, 0.5) is 13.2 Å². The molecule has 20 heavy (non-hydrogen) atoms. The van der Waals surface area contributed by atoms with Gasteiger partial charge in [-0.05, 0) is 18.2 Å². The SMILES string of the molecule is N[C@H]1CC(c2ccc(F)cc2F)Oc2cc(F)ccc21. The minimum absolute atomic E-state index is 0.219. The van der Waals surface area contributed by atoms with Crippen LogP contribution in [-0.2, 0) is 0 Å². The number of hydrogen-bond donors (Lipinski definition) is 1. The van der Waals surface area contributed by atoms with Crippen LogP contribution in [0.3, 0.4) is 0 Å². The van der Waals surface area contributed by atoms with E-state index in [9.17, 15) is 13.2 Å². The highest BCUT2D eigenvalue weighted by Gasteiger charge is 2.29. The lowest BCUT2D eigenvalue weighted by atomic mass is 9.93. The highest BCUT2D eigenvalue weighted by atomic mass is 19.1. The third kappa shape index (κ3) is 2.25. The average Bonchev–Trinajstić information content (AvgIpc) is 2.37. The summed E-state index contributed by atoms with van der Waals surface area (Å²) in [6.45, 7) is 0. The van der Waals surface area contributed by atoms with Crippen LogP contribution in [-0.4, -0.2) is 0 Å². The number of halogens is 3. The second kappa shape index (κ2) is 4.83. The van der Waals surface area contributed by atoms with Crippen molar-refractivity contribution in [1.29, 1.82) is 0 Å². The Hall–Kier alpha value is -2.01.